The lowest BCUT2D eigenvalue weighted by Gasteiger charge is -2.35. The number of ether oxygens (including phenoxy) is 2. The zero-order chi connectivity index (χ0) is 19.1. The summed E-state index contributed by atoms with van der Waals surface area (Å²) >= 11 is 0. The molecule has 3 aliphatic rings. The Balaban J connectivity index is 1.57. The Kier molecular flexibility index (Phi) is 4.65. The van der Waals surface area contributed by atoms with Gasteiger partial charge in [-0.3, -0.25) is 19.4 Å². The van der Waals surface area contributed by atoms with Crippen molar-refractivity contribution in [3.63, 3.8) is 0 Å². The number of fused-ring (bicyclic) bond motifs is 2. The van der Waals surface area contributed by atoms with Crippen LogP contribution in [0.3, 0.4) is 0 Å². The Morgan fingerprint density at radius 1 is 1.04 bits per heavy atom. The van der Waals surface area contributed by atoms with Gasteiger partial charge in [0.1, 0.15) is 11.5 Å². The van der Waals surface area contributed by atoms with Crippen molar-refractivity contribution in [3.05, 3.63) is 35.4 Å². The molecule has 1 aromatic carbocycles. The number of aliphatic hydroxyl groups is 1. The van der Waals surface area contributed by atoms with Crippen molar-refractivity contribution in [1.82, 2.24) is 9.80 Å². The lowest BCUT2D eigenvalue weighted by atomic mass is 9.85. The molecular formula is C20H24N2O5. The molecule has 2 aliphatic heterocycles. The lowest BCUT2D eigenvalue weighted by Crippen LogP contribution is -2.45. The van der Waals surface area contributed by atoms with Crippen molar-refractivity contribution >= 4 is 11.8 Å². The van der Waals surface area contributed by atoms with Gasteiger partial charge in [0.05, 0.1) is 38.8 Å². The standard InChI is InChI=1S/C20H24N2O5/c1-26-16-7-8-17(27-2)18-14(16)9-21(10-15(18)23)11-22-19(24)12-5-3-4-6-13(12)20(22)25/h3-4,7-8,12-13,15,23H,5-6,9-11H2,1-2H3. The van der Waals surface area contributed by atoms with Crippen LogP contribution >= 0.6 is 0 Å². The maximum absolute atomic E-state index is 12.7. The number of carbonyl (C=O) groups is 2. The second-order valence-electron chi connectivity index (χ2n) is 7.29. The molecule has 1 aliphatic carbocycles. The van der Waals surface area contributed by atoms with Crippen LogP contribution in [0.4, 0.5) is 0 Å². The summed E-state index contributed by atoms with van der Waals surface area (Å²) in [5, 5.41) is 10.7. The van der Waals surface area contributed by atoms with Gasteiger partial charge in [0.15, 0.2) is 0 Å². The van der Waals surface area contributed by atoms with E-state index in [0.29, 0.717) is 43.0 Å². The molecule has 0 radical (unpaired) electrons. The third-order valence-corrected chi connectivity index (χ3v) is 5.80. The molecule has 3 atom stereocenters. The molecule has 3 unspecified atom stereocenters. The minimum absolute atomic E-state index is 0.104. The van der Waals surface area contributed by atoms with Crippen LogP contribution < -0.4 is 9.47 Å². The molecule has 1 aromatic rings. The SMILES string of the molecule is COc1ccc(OC)c2c1CN(CN1C(=O)C3CC=CCC3C1=O)CC2O. The third-order valence-electron chi connectivity index (χ3n) is 5.80. The highest BCUT2D eigenvalue weighted by Gasteiger charge is 2.47. The van der Waals surface area contributed by atoms with Gasteiger partial charge in [-0.05, 0) is 25.0 Å². The molecule has 4 rings (SSSR count). The Morgan fingerprint density at radius 2 is 1.63 bits per heavy atom. The molecule has 1 fully saturated rings. The Bertz CT molecular complexity index is 780. The Labute approximate surface area is 158 Å². The van der Waals surface area contributed by atoms with Gasteiger partial charge >= 0.3 is 0 Å². The van der Waals surface area contributed by atoms with E-state index in [1.165, 1.54) is 4.90 Å². The summed E-state index contributed by atoms with van der Waals surface area (Å²) in [6.07, 6.45) is 4.43. The van der Waals surface area contributed by atoms with Gasteiger partial charge in [0.25, 0.3) is 0 Å². The number of likely N-dealkylation sites (tertiary alicyclic amines) is 1. The van der Waals surface area contributed by atoms with Crippen LogP contribution in [-0.2, 0) is 16.1 Å². The third kappa shape index (κ3) is 2.91. The first kappa shape index (κ1) is 18.0. The van der Waals surface area contributed by atoms with Gasteiger partial charge in [0.2, 0.25) is 11.8 Å². The molecule has 27 heavy (non-hydrogen) atoms. The van der Waals surface area contributed by atoms with Crippen molar-refractivity contribution in [3.8, 4) is 11.5 Å². The van der Waals surface area contributed by atoms with Crippen molar-refractivity contribution in [2.24, 2.45) is 11.8 Å². The number of methoxy groups -OCH3 is 2. The zero-order valence-corrected chi connectivity index (χ0v) is 15.6. The fourth-order valence-electron chi connectivity index (χ4n) is 4.46. The zero-order valence-electron chi connectivity index (χ0n) is 15.6. The first-order chi connectivity index (χ1) is 13.0. The van der Waals surface area contributed by atoms with E-state index in [4.69, 9.17) is 9.47 Å². The number of nitrogens with zero attached hydrogens (tertiary/aromatic N) is 2. The van der Waals surface area contributed by atoms with E-state index in [0.717, 1.165) is 5.56 Å². The van der Waals surface area contributed by atoms with E-state index in [-0.39, 0.29) is 30.3 Å². The number of amides is 2. The van der Waals surface area contributed by atoms with E-state index < -0.39 is 6.10 Å². The summed E-state index contributed by atoms with van der Waals surface area (Å²) in [5.41, 5.74) is 1.54. The Morgan fingerprint density at radius 3 is 2.22 bits per heavy atom. The van der Waals surface area contributed by atoms with Gasteiger partial charge in [-0.15, -0.1) is 0 Å². The fraction of sp³-hybridized carbons (Fsp3) is 0.500. The van der Waals surface area contributed by atoms with Gasteiger partial charge in [-0.2, -0.15) is 0 Å². The van der Waals surface area contributed by atoms with E-state index in [1.54, 1.807) is 26.4 Å². The molecule has 2 amide bonds. The van der Waals surface area contributed by atoms with Crippen LogP contribution in [0, 0.1) is 11.8 Å². The molecular weight excluding hydrogens is 348 g/mol. The molecule has 2 heterocycles. The topological polar surface area (TPSA) is 79.3 Å². The largest absolute Gasteiger partial charge is 0.496 e. The highest BCUT2D eigenvalue weighted by Crippen LogP contribution is 2.40. The number of allylic oxidation sites excluding steroid dienone is 2. The molecule has 0 aromatic heterocycles. The molecule has 1 N–H and O–H groups in total. The summed E-state index contributed by atoms with van der Waals surface area (Å²) in [6, 6.07) is 3.59. The highest BCUT2D eigenvalue weighted by atomic mass is 16.5. The predicted molar refractivity (Wildman–Crippen MR) is 97.0 cm³/mol. The first-order valence-corrected chi connectivity index (χ1v) is 9.19. The monoisotopic (exact) mass is 372 g/mol. The van der Waals surface area contributed by atoms with Crippen LogP contribution in [0.25, 0.3) is 0 Å². The first-order valence-electron chi connectivity index (χ1n) is 9.19. The summed E-state index contributed by atoms with van der Waals surface area (Å²) in [4.78, 5) is 28.7. The maximum Gasteiger partial charge on any atom is 0.234 e. The van der Waals surface area contributed by atoms with Gasteiger partial charge < -0.3 is 14.6 Å². The van der Waals surface area contributed by atoms with Gasteiger partial charge in [0, 0.05) is 24.2 Å². The van der Waals surface area contributed by atoms with Crippen molar-refractivity contribution < 1.29 is 24.2 Å². The number of benzene rings is 1. The summed E-state index contributed by atoms with van der Waals surface area (Å²) < 4.78 is 10.8. The van der Waals surface area contributed by atoms with Crippen LogP contribution in [0.2, 0.25) is 0 Å². The van der Waals surface area contributed by atoms with Crippen molar-refractivity contribution in [2.75, 3.05) is 27.4 Å². The fourth-order valence-corrected chi connectivity index (χ4v) is 4.46. The number of hydrogen-bond acceptors (Lipinski definition) is 6. The molecule has 7 nitrogen and oxygen atoms in total. The number of hydrogen-bond donors (Lipinski definition) is 1. The molecule has 0 bridgehead atoms. The van der Waals surface area contributed by atoms with Crippen molar-refractivity contribution in [1.29, 1.82) is 0 Å². The second kappa shape index (κ2) is 6.98. The summed E-state index contributed by atoms with van der Waals surface area (Å²) in [6.45, 7) is 0.972. The Hall–Kier alpha value is -2.38. The van der Waals surface area contributed by atoms with Gasteiger partial charge in [-0.25, -0.2) is 0 Å². The second-order valence-corrected chi connectivity index (χ2v) is 7.29. The van der Waals surface area contributed by atoms with Crippen LogP contribution in [0.5, 0.6) is 11.5 Å². The number of carbonyl (C=O) groups excluding carboxylic acids is 2. The highest BCUT2D eigenvalue weighted by molar-refractivity contribution is 6.05. The van der Waals surface area contributed by atoms with Crippen LogP contribution in [-0.4, -0.2) is 54.2 Å². The van der Waals surface area contributed by atoms with E-state index in [2.05, 4.69) is 0 Å². The minimum atomic E-state index is -0.782. The number of β-amino-alcohol motifs (C(OH)–C–C–N with tert-alkyl or cyclic N) is 1. The van der Waals surface area contributed by atoms with E-state index in [1.807, 2.05) is 17.1 Å². The summed E-state index contributed by atoms with van der Waals surface area (Å²) in [5.74, 6) is 0.590. The molecule has 0 saturated carbocycles. The smallest absolute Gasteiger partial charge is 0.234 e. The number of imide groups is 1. The molecule has 0 spiro atoms. The van der Waals surface area contributed by atoms with Crippen LogP contribution in [0.15, 0.2) is 24.3 Å². The lowest BCUT2D eigenvalue weighted by molar-refractivity contribution is -0.143. The number of aliphatic hydroxyl groups excluding tert-OH is 1. The minimum Gasteiger partial charge on any atom is -0.496 e. The molecule has 7 heteroatoms. The predicted octanol–water partition coefficient (Wildman–Crippen LogP) is 1.46. The average molecular weight is 372 g/mol. The van der Waals surface area contributed by atoms with E-state index >= 15 is 0 Å². The average Bonchev–Trinajstić information content (AvgIpc) is 2.92. The van der Waals surface area contributed by atoms with Crippen LogP contribution in [0.1, 0.15) is 30.1 Å². The summed E-state index contributed by atoms with van der Waals surface area (Å²) in [7, 11) is 3.15. The normalized spacial score (nSPS) is 27.5. The van der Waals surface area contributed by atoms with E-state index in [9.17, 15) is 14.7 Å². The maximum atomic E-state index is 12.7. The van der Waals surface area contributed by atoms with Gasteiger partial charge in [-0.1, -0.05) is 12.2 Å². The molecule has 1 saturated heterocycles. The molecule has 144 valence electrons. The number of rotatable bonds is 4. The quantitative estimate of drug-likeness (QED) is 0.637. The van der Waals surface area contributed by atoms with Crippen molar-refractivity contribution in [2.45, 2.75) is 25.5 Å².